The van der Waals surface area contributed by atoms with Crippen molar-refractivity contribution in [2.45, 2.75) is 25.8 Å². The number of rotatable bonds is 4. The summed E-state index contributed by atoms with van der Waals surface area (Å²) in [6, 6.07) is 9.53. The molecule has 1 aromatic heterocycles. The molecular weight excluding hydrogens is 305 g/mol. The number of nitrogens with zero attached hydrogens (tertiary/aromatic N) is 4. The molecule has 2 aliphatic rings. The standard InChI is InChI=1S/C18H22FN5/c1-13-12-17(21-14-6-7-14)22-18(20-13)24-10-8-23(9-11-24)16-5-3-2-4-15(16)19/h2-5,12,14H,6-11H2,1H3,(H,20,21,22). The highest BCUT2D eigenvalue weighted by Gasteiger charge is 2.24. The van der Waals surface area contributed by atoms with Crippen molar-refractivity contribution in [1.29, 1.82) is 0 Å². The lowest BCUT2D eigenvalue weighted by Crippen LogP contribution is -2.47. The van der Waals surface area contributed by atoms with Crippen LogP contribution in [0.15, 0.2) is 30.3 Å². The van der Waals surface area contributed by atoms with Gasteiger partial charge in [0.05, 0.1) is 5.69 Å². The molecule has 1 aromatic carbocycles. The van der Waals surface area contributed by atoms with Gasteiger partial charge in [-0.25, -0.2) is 9.37 Å². The predicted octanol–water partition coefficient (Wildman–Crippen LogP) is 2.83. The Balaban J connectivity index is 1.45. The third kappa shape index (κ3) is 3.27. The monoisotopic (exact) mass is 327 g/mol. The second-order valence-corrected chi connectivity index (χ2v) is 6.54. The Morgan fingerprint density at radius 3 is 2.46 bits per heavy atom. The lowest BCUT2D eigenvalue weighted by Gasteiger charge is -2.36. The van der Waals surface area contributed by atoms with E-state index in [-0.39, 0.29) is 5.82 Å². The van der Waals surface area contributed by atoms with Gasteiger partial charge in [-0.05, 0) is 31.9 Å². The first-order chi connectivity index (χ1) is 11.7. The van der Waals surface area contributed by atoms with Gasteiger partial charge in [0.25, 0.3) is 0 Å². The minimum atomic E-state index is -0.159. The molecule has 0 bridgehead atoms. The van der Waals surface area contributed by atoms with E-state index in [9.17, 15) is 4.39 Å². The van der Waals surface area contributed by atoms with Gasteiger partial charge in [-0.15, -0.1) is 0 Å². The molecule has 4 rings (SSSR count). The number of anilines is 3. The van der Waals surface area contributed by atoms with Crippen molar-refractivity contribution in [3.63, 3.8) is 0 Å². The molecule has 1 aliphatic heterocycles. The zero-order valence-electron chi connectivity index (χ0n) is 13.9. The van der Waals surface area contributed by atoms with Crippen LogP contribution in [0.3, 0.4) is 0 Å². The van der Waals surface area contributed by atoms with E-state index < -0.39 is 0 Å². The Morgan fingerprint density at radius 2 is 1.75 bits per heavy atom. The van der Waals surface area contributed by atoms with Crippen LogP contribution < -0.4 is 15.1 Å². The van der Waals surface area contributed by atoms with E-state index in [1.165, 1.54) is 18.9 Å². The van der Waals surface area contributed by atoms with Crippen LogP contribution in [0.2, 0.25) is 0 Å². The summed E-state index contributed by atoms with van der Waals surface area (Å²) in [4.78, 5) is 13.5. The SMILES string of the molecule is Cc1cc(NC2CC2)nc(N2CCN(c3ccccc3F)CC2)n1. The van der Waals surface area contributed by atoms with Crippen LogP contribution in [-0.4, -0.2) is 42.2 Å². The molecule has 6 heteroatoms. The molecule has 24 heavy (non-hydrogen) atoms. The van der Waals surface area contributed by atoms with E-state index in [1.807, 2.05) is 25.1 Å². The van der Waals surface area contributed by atoms with Crippen LogP contribution in [0.25, 0.3) is 0 Å². The molecule has 0 radical (unpaired) electrons. The molecule has 0 spiro atoms. The third-order valence-corrected chi connectivity index (χ3v) is 4.53. The summed E-state index contributed by atoms with van der Waals surface area (Å²) < 4.78 is 13.9. The van der Waals surface area contributed by atoms with Crippen LogP contribution in [0.1, 0.15) is 18.5 Å². The first-order valence-electron chi connectivity index (χ1n) is 8.56. The molecule has 1 N–H and O–H groups in total. The topological polar surface area (TPSA) is 44.3 Å². The van der Waals surface area contributed by atoms with E-state index in [4.69, 9.17) is 0 Å². The van der Waals surface area contributed by atoms with Gasteiger partial charge >= 0.3 is 0 Å². The summed E-state index contributed by atoms with van der Waals surface area (Å²) in [5.74, 6) is 1.52. The van der Waals surface area contributed by atoms with E-state index in [0.717, 1.165) is 43.6 Å². The molecule has 0 amide bonds. The second-order valence-electron chi connectivity index (χ2n) is 6.54. The maximum Gasteiger partial charge on any atom is 0.227 e. The number of nitrogens with one attached hydrogen (secondary N) is 1. The lowest BCUT2D eigenvalue weighted by molar-refractivity contribution is 0.594. The van der Waals surface area contributed by atoms with Crippen LogP contribution in [0.5, 0.6) is 0 Å². The number of halogens is 1. The highest BCUT2D eigenvalue weighted by molar-refractivity contribution is 5.50. The van der Waals surface area contributed by atoms with Crippen LogP contribution >= 0.6 is 0 Å². The fourth-order valence-corrected chi connectivity index (χ4v) is 3.06. The zero-order valence-corrected chi connectivity index (χ0v) is 13.9. The number of piperazine rings is 1. The molecule has 2 aromatic rings. The number of aryl methyl sites for hydroxylation is 1. The van der Waals surface area contributed by atoms with Crippen molar-refractivity contribution in [1.82, 2.24) is 9.97 Å². The van der Waals surface area contributed by atoms with Crippen LogP contribution in [0.4, 0.5) is 21.8 Å². The summed E-state index contributed by atoms with van der Waals surface area (Å²) in [6.07, 6.45) is 2.44. The van der Waals surface area contributed by atoms with Crippen molar-refractivity contribution in [2.75, 3.05) is 41.3 Å². The maximum absolute atomic E-state index is 13.9. The van der Waals surface area contributed by atoms with Crippen molar-refractivity contribution < 1.29 is 4.39 Å². The minimum Gasteiger partial charge on any atom is -0.367 e. The molecule has 0 atom stereocenters. The largest absolute Gasteiger partial charge is 0.367 e. The first-order valence-corrected chi connectivity index (χ1v) is 8.56. The molecule has 1 aliphatic carbocycles. The highest BCUT2D eigenvalue weighted by Crippen LogP contribution is 2.26. The van der Waals surface area contributed by atoms with Gasteiger partial charge in [-0.1, -0.05) is 12.1 Å². The molecule has 1 saturated heterocycles. The molecular formula is C18H22FN5. The van der Waals surface area contributed by atoms with Crippen LogP contribution in [-0.2, 0) is 0 Å². The normalized spacial score (nSPS) is 17.9. The van der Waals surface area contributed by atoms with Gasteiger partial charge in [-0.3, -0.25) is 0 Å². The van der Waals surface area contributed by atoms with E-state index in [1.54, 1.807) is 6.07 Å². The van der Waals surface area contributed by atoms with Gasteiger partial charge < -0.3 is 15.1 Å². The smallest absolute Gasteiger partial charge is 0.227 e. The Labute approximate surface area is 141 Å². The van der Waals surface area contributed by atoms with Crippen LogP contribution in [0, 0.1) is 12.7 Å². The average molecular weight is 327 g/mol. The van der Waals surface area contributed by atoms with E-state index in [2.05, 4.69) is 25.1 Å². The van der Waals surface area contributed by atoms with E-state index in [0.29, 0.717) is 11.7 Å². The summed E-state index contributed by atoms with van der Waals surface area (Å²) in [5, 5.41) is 3.44. The molecule has 2 heterocycles. The van der Waals surface area contributed by atoms with Crippen molar-refractivity contribution in [3.05, 3.63) is 41.8 Å². The summed E-state index contributed by atoms with van der Waals surface area (Å²) in [7, 11) is 0. The van der Waals surface area contributed by atoms with Crippen molar-refractivity contribution >= 4 is 17.5 Å². The Morgan fingerprint density at radius 1 is 1.04 bits per heavy atom. The first kappa shape index (κ1) is 15.2. The highest BCUT2D eigenvalue weighted by atomic mass is 19.1. The molecule has 1 saturated carbocycles. The summed E-state index contributed by atoms with van der Waals surface area (Å²) in [6.45, 7) is 5.12. The number of hydrogen-bond acceptors (Lipinski definition) is 5. The molecule has 5 nitrogen and oxygen atoms in total. The number of hydrogen-bond donors (Lipinski definition) is 1. The van der Waals surface area contributed by atoms with Crippen molar-refractivity contribution in [3.8, 4) is 0 Å². The Hall–Kier alpha value is -2.37. The lowest BCUT2D eigenvalue weighted by atomic mass is 10.2. The second kappa shape index (κ2) is 6.26. The van der Waals surface area contributed by atoms with Gasteiger partial charge in [0.2, 0.25) is 5.95 Å². The third-order valence-electron chi connectivity index (χ3n) is 4.53. The fourth-order valence-electron chi connectivity index (χ4n) is 3.06. The van der Waals surface area contributed by atoms with Gasteiger partial charge in [-0.2, -0.15) is 4.98 Å². The number of benzene rings is 1. The molecule has 126 valence electrons. The van der Waals surface area contributed by atoms with Crippen molar-refractivity contribution in [2.24, 2.45) is 0 Å². The molecule has 0 unspecified atom stereocenters. The Bertz CT molecular complexity index is 723. The Kier molecular flexibility index (Phi) is 3.96. The number of aromatic nitrogens is 2. The number of para-hydroxylation sites is 1. The predicted molar refractivity (Wildman–Crippen MR) is 94.2 cm³/mol. The average Bonchev–Trinajstić information content (AvgIpc) is 3.39. The quantitative estimate of drug-likeness (QED) is 0.935. The van der Waals surface area contributed by atoms with E-state index >= 15 is 0 Å². The van der Waals surface area contributed by atoms with Gasteiger partial charge in [0.1, 0.15) is 11.6 Å². The fraction of sp³-hybridized carbons (Fsp3) is 0.444. The van der Waals surface area contributed by atoms with Gasteiger partial charge in [0.15, 0.2) is 0 Å². The minimum absolute atomic E-state index is 0.159. The zero-order chi connectivity index (χ0) is 16.5. The summed E-state index contributed by atoms with van der Waals surface area (Å²) in [5.41, 5.74) is 1.65. The maximum atomic E-state index is 13.9. The molecule has 2 fully saturated rings. The van der Waals surface area contributed by atoms with Gasteiger partial charge in [0, 0.05) is 44.0 Å². The summed E-state index contributed by atoms with van der Waals surface area (Å²) >= 11 is 0.